The summed E-state index contributed by atoms with van der Waals surface area (Å²) in [6.45, 7) is 3.54. The Hall–Kier alpha value is -1.84. The van der Waals surface area contributed by atoms with E-state index in [1.807, 2.05) is 24.6 Å². The van der Waals surface area contributed by atoms with Crippen molar-refractivity contribution in [2.24, 2.45) is 13.0 Å². The first-order chi connectivity index (χ1) is 8.40. The molecule has 0 aliphatic carbocycles. The monoisotopic (exact) mass is 249 g/mol. The average Bonchev–Trinajstić information content (AvgIpc) is 2.55. The Bertz CT molecular complexity index is 616. The van der Waals surface area contributed by atoms with E-state index < -0.39 is 11.9 Å². The van der Waals surface area contributed by atoms with Crippen molar-refractivity contribution < 1.29 is 14.3 Å². The Morgan fingerprint density at radius 3 is 2.72 bits per heavy atom. The molecule has 3 nitrogen and oxygen atoms in total. The van der Waals surface area contributed by atoms with Crippen molar-refractivity contribution in [1.29, 1.82) is 0 Å². The van der Waals surface area contributed by atoms with Crippen molar-refractivity contribution in [2.45, 2.75) is 20.3 Å². The number of aryl methyl sites for hydroxylation is 2. The van der Waals surface area contributed by atoms with Crippen LogP contribution in [0.4, 0.5) is 4.39 Å². The van der Waals surface area contributed by atoms with E-state index >= 15 is 0 Å². The number of aliphatic carboxylic acids is 1. The lowest BCUT2D eigenvalue weighted by atomic mass is 10.00. The fourth-order valence-corrected chi connectivity index (χ4v) is 2.11. The van der Waals surface area contributed by atoms with Gasteiger partial charge < -0.3 is 9.67 Å². The minimum Gasteiger partial charge on any atom is -0.481 e. The van der Waals surface area contributed by atoms with Crippen LogP contribution in [0.5, 0.6) is 0 Å². The molecular formula is C14H16FNO2. The van der Waals surface area contributed by atoms with Gasteiger partial charge in [-0.15, -0.1) is 0 Å². The predicted molar refractivity (Wildman–Crippen MR) is 68.1 cm³/mol. The van der Waals surface area contributed by atoms with Crippen LogP contribution in [-0.4, -0.2) is 15.6 Å². The quantitative estimate of drug-likeness (QED) is 0.908. The molecule has 2 aromatic rings. The van der Waals surface area contributed by atoms with Crippen LogP contribution in [0.25, 0.3) is 10.9 Å². The molecule has 0 amide bonds. The number of nitrogens with zero attached hydrogens (tertiary/aromatic N) is 1. The van der Waals surface area contributed by atoms with Crippen molar-refractivity contribution >= 4 is 16.9 Å². The van der Waals surface area contributed by atoms with Crippen molar-refractivity contribution in [2.75, 3.05) is 0 Å². The van der Waals surface area contributed by atoms with E-state index in [-0.39, 0.29) is 12.2 Å². The summed E-state index contributed by atoms with van der Waals surface area (Å²) in [6, 6.07) is 5.15. The molecule has 0 bridgehead atoms. The Labute approximate surface area is 105 Å². The van der Waals surface area contributed by atoms with E-state index in [0.29, 0.717) is 5.56 Å². The number of halogens is 1. The van der Waals surface area contributed by atoms with Gasteiger partial charge in [-0.2, -0.15) is 0 Å². The van der Waals surface area contributed by atoms with Crippen molar-refractivity contribution in [3.05, 3.63) is 35.3 Å². The highest BCUT2D eigenvalue weighted by Crippen LogP contribution is 2.24. The van der Waals surface area contributed by atoms with Gasteiger partial charge in [-0.3, -0.25) is 4.79 Å². The molecule has 0 radical (unpaired) electrons. The number of aromatic nitrogens is 1. The molecule has 0 saturated heterocycles. The summed E-state index contributed by atoms with van der Waals surface area (Å²) in [6.07, 6.45) is 0.210. The molecule has 0 aliphatic rings. The number of carboxylic acid groups (broad SMARTS) is 1. The van der Waals surface area contributed by atoms with E-state index in [4.69, 9.17) is 5.11 Å². The van der Waals surface area contributed by atoms with Crippen LogP contribution in [0.1, 0.15) is 18.2 Å². The smallest absolute Gasteiger partial charge is 0.306 e. The Balaban J connectivity index is 2.48. The molecule has 96 valence electrons. The molecule has 0 saturated carbocycles. The third-order valence-corrected chi connectivity index (χ3v) is 3.40. The average molecular weight is 249 g/mol. The first kappa shape index (κ1) is 12.6. The molecule has 1 N–H and O–H groups in total. The lowest BCUT2D eigenvalue weighted by Gasteiger charge is -2.08. The van der Waals surface area contributed by atoms with Gasteiger partial charge in [0.2, 0.25) is 0 Å². The Kier molecular flexibility index (Phi) is 3.11. The second-order valence-corrected chi connectivity index (χ2v) is 4.79. The highest BCUT2D eigenvalue weighted by atomic mass is 19.1. The fraction of sp³-hybridized carbons (Fsp3) is 0.357. The number of carboxylic acids is 1. The molecule has 4 heteroatoms. The van der Waals surface area contributed by atoms with Crippen molar-refractivity contribution in [1.82, 2.24) is 4.57 Å². The summed E-state index contributed by atoms with van der Waals surface area (Å²) in [7, 11) is 1.92. The van der Waals surface area contributed by atoms with Crippen LogP contribution in [0.2, 0.25) is 0 Å². The predicted octanol–water partition coefficient (Wildman–Crippen LogP) is 2.89. The van der Waals surface area contributed by atoms with E-state index in [9.17, 15) is 9.18 Å². The second kappa shape index (κ2) is 4.44. The molecule has 18 heavy (non-hydrogen) atoms. The Morgan fingerprint density at radius 1 is 1.44 bits per heavy atom. The number of fused-ring (bicyclic) bond motifs is 1. The number of benzene rings is 1. The van der Waals surface area contributed by atoms with Gasteiger partial charge in [-0.1, -0.05) is 6.92 Å². The molecular weight excluding hydrogens is 233 g/mol. The minimum absolute atomic E-state index is 0.210. The van der Waals surface area contributed by atoms with E-state index in [2.05, 4.69) is 0 Å². The molecule has 1 heterocycles. The molecule has 1 atom stereocenters. The van der Waals surface area contributed by atoms with Gasteiger partial charge in [0.25, 0.3) is 0 Å². The largest absolute Gasteiger partial charge is 0.481 e. The lowest BCUT2D eigenvalue weighted by molar-refractivity contribution is -0.141. The van der Waals surface area contributed by atoms with Crippen LogP contribution in [0, 0.1) is 18.7 Å². The van der Waals surface area contributed by atoms with Gasteiger partial charge in [0.1, 0.15) is 5.82 Å². The summed E-state index contributed by atoms with van der Waals surface area (Å²) in [4.78, 5) is 10.8. The van der Waals surface area contributed by atoms with Crippen molar-refractivity contribution in [3.63, 3.8) is 0 Å². The van der Waals surface area contributed by atoms with E-state index in [0.717, 1.165) is 16.6 Å². The summed E-state index contributed by atoms with van der Waals surface area (Å²) in [5.74, 6) is -1.82. The van der Waals surface area contributed by atoms with E-state index in [1.165, 1.54) is 6.07 Å². The maximum atomic E-state index is 13.9. The van der Waals surface area contributed by atoms with Gasteiger partial charge in [0.05, 0.1) is 5.92 Å². The molecule has 1 aromatic carbocycles. The van der Waals surface area contributed by atoms with Crippen LogP contribution < -0.4 is 0 Å². The van der Waals surface area contributed by atoms with Crippen molar-refractivity contribution in [3.8, 4) is 0 Å². The zero-order chi connectivity index (χ0) is 13.4. The lowest BCUT2D eigenvalue weighted by Crippen LogP contribution is -2.13. The highest BCUT2D eigenvalue weighted by molar-refractivity contribution is 5.82. The van der Waals surface area contributed by atoms with Gasteiger partial charge >= 0.3 is 5.97 Å². The zero-order valence-corrected chi connectivity index (χ0v) is 10.7. The highest BCUT2D eigenvalue weighted by Gasteiger charge is 2.16. The molecule has 1 unspecified atom stereocenters. The zero-order valence-electron chi connectivity index (χ0n) is 10.7. The summed E-state index contributed by atoms with van der Waals surface area (Å²) >= 11 is 0. The first-order valence-electron chi connectivity index (χ1n) is 5.87. The topological polar surface area (TPSA) is 42.2 Å². The maximum absolute atomic E-state index is 13.9. The standard InChI is InChI=1S/C14H16FNO2/c1-8(14(17)18)4-10-7-13-11(6-12(10)15)5-9(2)16(13)3/h5-8H,4H2,1-3H3,(H,17,18). The summed E-state index contributed by atoms with van der Waals surface area (Å²) < 4.78 is 15.9. The van der Waals surface area contributed by atoms with Crippen LogP contribution in [0.15, 0.2) is 18.2 Å². The van der Waals surface area contributed by atoms with Crippen LogP contribution in [-0.2, 0) is 18.3 Å². The molecule has 0 fully saturated rings. The fourth-order valence-electron chi connectivity index (χ4n) is 2.11. The number of carbonyl (C=O) groups is 1. The van der Waals surface area contributed by atoms with Gasteiger partial charge in [0, 0.05) is 23.6 Å². The van der Waals surface area contributed by atoms with E-state index in [1.54, 1.807) is 13.0 Å². The first-order valence-corrected chi connectivity index (χ1v) is 5.87. The molecule has 1 aromatic heterocycles. The Morgan fingerprint density at radius 2 is 2.11 bits per heavy atom. The third kappa shape index (κ3) is 2.10. The van der Waals surface area contributed by atoms with Crippen LogP contribution >= 0.6 is 0 Å². The van der Waals surface area contributed by atoms with Gasteiger partial charge in [-0.25, -0.2) is 4.39 Å². The molecule has 0 aliphatic heterocycles. The van der Waals surface area contributed by atoms with Gasteiger partial charge in [-0.05, 0) is 37.1 Å². The number of hydrogen-bond donors (Lipinski definition) is 1. The minimum atomic E-state index is -0.905. The number of hydrogen-bond acceptors (Lipinski definition) is 1. The van der Waals surface area contributed by atoms with Gasteiger partial charge in [0.15, 0.2) is 0 Å². The molecule has 0 spiro atoms. The second-order valence-electron chi connectivity index (χ2n) is 4.79. The SMILES string of the molecule is Cc1cc2cc(F)c(CC(C)C(=O)O)cc2n1C. The summed E-state index contributed by atoms with van der Waals surface area (Å²) in [5, 5.41) is 9.73. The molecule has 2 rings (SSSR count). The maximum Gasteiger partial charge on any atom is 0.306 e. The number of rotatable bonds is 3. The summed E-state index contributed by atoms with van der Waals surface area (Å²) in [5.41, 5.74) is 2.44. The third-order valence-electron chi connectivity index (χ3n) is 3.40. The normalized spacial score (nSPS) is 12.9. The van der Waals surface area contributed by atoms with Crippen LogP contribution in [0.3, 0.4) is 0 Å².